The fraction of sp³-hybridized carbons (Fsp3) is 0.500. The van der Waals surface area contributed by atoms with Gasteiger partial charge in [-0.2, -0.15) is 0 Å². The second kappa shape index (κ2) is 6.35. The third-order valence-electron chi connectivity index (χ3n) is 3.49. The number of nitrogens with zero attached hydrogens (tertiary/aromatic N) is 1. The molecular weight excluding hydrogens is 267 g/mol. The van der Waals surface area contributed by atoms with E-state index >= 15 is 0 Å². The van der Waals surface area contributed by atoms with E-state index in [2.05, 4.69) is 5.32 Å². The average Bonchev–Trinajstić information content (AvgIpc) is 2.42. The summed E-state index contributed by atoms with van der Waals surface area (Å²) in [5, 5.41) is 3.47. The number of hydrogen-bond donors (Lipinski definition) is 1. The van der Waals surface area contributed by atoms with E-state index in [0.29, 0.717) is 11.6 Å². The molecule has 5 heteroatoms. The molecule has 1 unspecified atom stereocenters. The van der Waals surface area contributed by atoms with Gasteiger partial charge in [0.15, 0.2) is 0 Å². The quantitative estimate of drug-likeness (QED) is 0.926. The summed E-state index contributed by atoms with van der Waals surface area (Å²) in [7, 11) is 1.86. The summed E-state index contributed by atoms with van der Waals surface area (Å²) < 4.78 is 13.8. The minimum absolute atomic E-state index is 0.0653. The molecule has 1 N–H and O–H groups in total. The minimum Gasteiger partial charge on any atom is -0.334 e. The first-order chi connectivity index (χ1) is 9.13. The van der Waals surface area contributed by atoms with Gasteiger partial charge in [-0.15, -0.1) is 0 Å². The number of likely N-dealkylation sites (N-methyl/N-ethyl adjacent to an activating group) is 1. The molecule has 0 radical (unpaired) electrons. The van der Waals surface area contributed by atoms with Crippen LogP contribution >= 0.6 is 11.6 Å². The fourth-order valence-electron chi connectivity index (χ4n) is 2.53. The second-order valence-electron chi connectivity index (χ2n) is 4.83. The van der Waals surface area contributed by atoms with E-state index in [1.54, 1.807) is 4.90 Å². The van der Waals surface area contributed by atoms with Crippen LogP contribution in [0.15, 0.2) is 18.2 Å². The van der Waals surface area contributed by atoms with Crippen molar-refractivity contribution in [2.75, 3.05) is 20.1 Å². The molecule has 19 heavy (non-hydrogen) atoms. The van der Waals surface area contributed by atoms with E-state index in [9.17, 15) is 9.18 Å². The zero-order valence-electron chi connectivity index (χ0n) is 11.0. The normalized spacial score (nSPS) is 19.5. The van der Waals surface area contributed by atoms with Crippen molar-refractivity contribution in [1.82, 2.24) is 10.2 Å². The first kappa shape index (κ1) is 14.3. The lowest BCUT2D eigenvalue weighted by atomic mass is 10.0. The number of likely N-dealkylation sites (tertiary alicyclic amines) is 1. The number of halogens is 2. The van der Waals surface area contributed by atoms with Crippen molar-refractivity contribution >= 4 is 17.5 Å². The Labute approximate surface area is 117 Å². The van der Waals surface area contributed by atoms with Crippen LogP contribution in [0.2, 0.25) is 5.02 Å². The lowest BCUT2D eigenvalue weighted by Gasteiger charge is -2.35. The molecule has 1 saturated heterocycles. The Morgan fingerprint density at radius 2 is 2.32 bits per heavy atom. The molecule has 0 spiro atoms. The molecule has 1 heterocycles. The van der Waals surface area contributed by atoms with E-state index < -0.39 is 5.82 Å². The van der Waals surface area contributed by atoms with Gasteiger partial charge in [0.25, 0.3) is 5.91 Å². The van der Waals surface area contributed by atoms with E-state index in [4.69, 9.17) is 11.6 Å². The molecule has 0 bridgehead atoms. The number of carbonyl (C=O) groups is 1. The van der Waals surface area contributed by atoms with Gasteiger partial charge >= 0.3 is 0 Å². The molecular formula is C14H18ClFN2O. The summed E-state index contributed by atoms with van der Waals surface area (Å²) in [5.74, 6) is -0.775. The van der Waals surface area contributed by atoms with Crippen LogP contribution in [-0.2, 0) is 0 Å². The number of piperidine rings is 1. The maximum Gasteiger partial charge on any atom is 0.257 e. The van der Waals surface area contributed by atoms with Crippen LogP contribution < -0.4 is 5.32 Å². The molecule has 1 fully saturated rings. The number of benzene rings is 1. The summed E-state index contributed by atoms with van der Waals surface area (Å²) in [5.41, 5.74) is 0.0653. The Hall–Kier alpha value is -1.13. The monoisotopic (exact) mass is 284 g/mol. The number of rotatable bonds is 3. The van der Waals surface area contributed by atoms with Crippen molar-refractivity contribution < 1.29 is 9.18 Å². The first-order valence-corrected chi connectivity index (χ1v) is 6.92. The van der Waals surface area contributed by atoms with Crippen molar-refractivity contribution in [3.8, 4) is 0 Å². The van der Waals surface area contributed by atoms with Crippen LogP contribution in [0.3, 0.4) is 0 Å². The maximum atomic E-state index is 13.8. The van der Waals surface area contributed by atoms with Gasteiger partial charge in [-0.05, 0) is 44.5 Å². The highest BCUT2D eigenvalue weighted by Gasteiger charge is 2.28. The van der Waals surface area contributed by atoms with Crippen molar-refractivity contribution in [3.05, 3.63) is 34.6 Å². The van der Waals surface area contributed by atoms with Crippen LogP contribution in [0.4, 0.5) is 4.39 Å². The summed E-state index contributed by atoms with van der Waals surface area (Å²) >= 11 is 5.85. The van der Waals surface area contributed by atoms with Gasteiger partial charge in [0.05, 0.1) is 5.56 Å². The third-order valence-corrected chi connectivity index (χ3v) is 3.72. The van der Waals surface area contributed by atoms with Crippen molar-refractivity contribution in [1.29, 1.82) is 0 Å². The zero-order chi connectivity index (χ0) is 13.8. The second-order valence-corrected chi connectivity index (χ2v) is 5.27. The van der Waals surface area contributed by atoms with Crippen LogP contribution in [0.1, 0.15) is 29.6 Å². The molecule has 2 rings (SSSR count). The maximum absolute atomic E-state index is 13.8. The molecule has 1 aromatic rings. The SMILES string of the molecule is CNCC1CCCCN1C(=O)c1cc(Cl)ccc1F. The Kier molecular flexibility index (Phi) is 4.77. The van der Waals surface area contributed by atoms with E-state index in [1.165, 1.54) is 18.2 Å². The summed E-state index contributed by atoms with van der Waals surface area (Å²) in [4.78, 5) is 14.2. The number of amides is 1. The Balaban J connectivity index is 2.23. The number of carbonyl (C=O) groups excluding carboxylic acids is 1. The molecule has 3 nitrogen and oxygen atoms in total. The van der Waals surface area contributed by atoms with E-state index in [0.717, 1.165) is 25.8 Å². The standard InChI is InChI=1S/C14H18ClFN2O/c1-17-9-11-4-2-3-7-18(11)14(19)12-8-10(15)5-6-13(12)16/h5-6,8,11,17H,2-4,7,9H2,1H3. The topological polar surface area (TPSA) is 32.3 Å². The lowest BCUT2D eigenvalue weighted by Crippen LogP contribution is -2.48. The lowest BCUT2D eigenvalue weighted by molar-refractivity contribution is 0.0610. The van der Waals surface area contributed by atoms with Gasteiger partial charge in [-0.25, -0.2) is 4.39 Å². The van der Waals surface area contributed by atoms with E-state index in [1.807, 2.05) is 7.05 Å². The van der Waals surface area contributed by atoms with Gasteiger partial charge in [0.1, 0.15) is 5.82 Å². The van der Waals surface area contributed by atoms with Crippen LogP contribution in [0.25, 0.3) is 0 Å². The first-order valence-electron chi connectivity index (χ1n) is 6.54. The summed E-state index contributed by atoms with van der Waals surface area (Å²) in [6, 6.07) is 4.23. The van der Waals surface area contributed by atoms with Crippen molar-refractivity contribution in [2.45, 2.75) is 25.3 Å². The van der Waals surface area contributed by atoms with Crippen LogP contribution in [0.5, 0.6) is 0 Å². The molecule has 0 saturated carbocycles. The Morgan fingerprint density at radius 3 is 3.05 bits per heavy atom. The number of hydrogen-bond acceptors (Lipinski definition) is 2. The number of nitrogens with one attached hydrogen (secondary N) is 1. The smallest absolute Gasteiger partial charge is 0.257 e. The van der Waals surface area contributed by atoms with E-state index in [-0.39, 0.29) is 17.5 Å². The molecule has 1 aliphatic heterocycles. The highest BCUT2D eigenvalue weighted by atomic mass is 35.5. The molecule has 1 aromatic carbocycles. The van der Waals surface area contributed by atoms with Gasteiger partial charge in [-0.1, -0.05) is 11.6 Å². The summed E-state index contributed by atoms with van der Waals surface area (Å²) in [6.07, 6.45) is 3.02. The Bertz CT molecular complexity index is 465. The predicted octanol–water partition coefficient (Wildman–Crippen LogP) is 2.69. The largest absolute Gasteiger partial charge is 0.334 e. The summed E-state index contributed by atoms with van der Waals surface area (Å²) in [6.45, 7) is 1.41. The molecule has 0 aliphatic carbocycles. The minimum atomic E-state index is -0.511. The van der Waals surface area contributed by atoms with Crippen molar-refractivity contribution in [2.24, 2.45) is 0 Å². The van der Waals surface area contributed by atoms with Crippen LogP contribution in [-0.4, -0.2) is 37.0 Å². The van der Waals surface area contributed by atoms with Gasteiger partial charge < -0.3 is 10.2 Å². The van der Waals surface area contributed by atoms with Crippen LogP contribution in [0, 0.1) is 5.82 Å². The molecule has 1 aliphatic rings. The predicted molar refractivity (Wildman–Crippen MR) is 74.0 cm³/mol. The van der Waals surface area contributed by atoms with Gasteiger partial charge in [-0.3, -0.25) is 4.79 Å². The molecule has 1 atom stereocenters. The zero-order valence-corrected chi connectivity index (χ0v) is 11.7. The van der Waals surface area contributed by atoms with Gasteiger partial charge in [0, 0.05) is 24.2 Å². The highest BCUT2D eigenvalue weighted by Crippen LogP contribution is 2.22. The molecule has 104 valence electrons. The fourth-order valence-corrected chi connectivity index (χ4v) is 2.70. The molecule has 0 aromatic heterocycles. The molecule has 1 amide bonds. The van der Waals surface area contributed by atoms with Gasteiger partial charge in [0.2, 0.25) is 0 Å². The van der Waals surface area contributed by atoms with Crippen molar-refractivity contribution in [3.63, 3.8) is 0 Å². The average molecular weight is 285 g/mol. The Morgan fingerprint density at radius 1 is 1.53 bits per heavy atom. The highest BCUT2D eigenvalue weighted by molar-refractivity contribution is 6.31. The third kappa shape index (κ3) is 3.25.